The fourth-order valence-corrected chi connectivity index (χ4v) is 4.18. The highest BCUT2D eigenvalue weighted by Crippen LogP contribution is 2.56. The van der Waals surface area contributed by atoms with Crippen molar-refractivity contribution < 1.29 is 59.9 Å². The molecule has 1 unspecified atom stereocenters. The van der Waals surface area contributed by atoms with E-state index in [4.69, 9.17) is 18.9 Å². The first-order chi connectivity index (χ1) is 20.1. The van der Waals surface area contributed by atoms with E-state index in [1.807, 2.05) is 6.92 Å². The molecule has 7 nitrogen and oxygen atoms in total. The zero-order chi connectivity index (χ0) is 33.3. The highest BCUT2D eigenvalue weighted by atomic mass is 19.4. The van der Waals surface area contributed by atoms with Gasteiger partial charge in [-0.25, -0.2) is 0 Å². The molecule has 0 bridgehead atoms. The summed E-state index contributed by atoms with van der Waals surface area (Å²) in [5, 5.41) is 9.65. The molecule has 0 heterocycles. The Morgan fingerprint density at radius 1 is 0.651 bits per heavy atom. The van der Waals surface area contributed by atoms with Gasteiger partial charge in [-0.3, -0.25) is 0 Å². The Hall–Kier alpha value is -2.42. The maximum atomic E-state index is 13.8. The molecule has 0 saturated carbocycles. The number of aryl methyl sites for hydroxylation is 1. The number of hydrogen-bond donors (Lipinski definition) is 1. The number of halogens is 6. The predicted molar refractivity (Wildman–Crippen MR) is 150 cm³/mol. The number of methoxy groups -OCH3 is 6. The molecule has 2 aromatic rings. The second-order valence-corrected chi connectivity index (χ2v) is 9.50. The Bertz CT molecular complexity index is 972. The van der Waals surface area contributed by atoms with Gasteiger partial charge in [0.1, 0.15) is 5.75 Å². The number of benzene rings is 2. The number of alkyl halides is 6. The number of ether oxygens (including phenoxy) is 6. The van der Waals surface area contributed by atoms with Crippen LogP contribution in [0.2, 0.25) is 0 Å². The molecule has 0 radical (unpaired) electrons. The molecular weight excluding hydrogens is 586 g/mol. The van der Waals surface area contributed by atoms with Gasteiger partial charge in [-0.15, -0.1) is 0 Å². The summed E-state index contributed by atoms with van der Waals surface area (Å²) >= 11 is 0. The fourth-order valence-electron chi connectivity index (χ4n) is 4.18. The molecule has 0 spiro atoms. The van der Waals surface area contributed by atoms with E-state index >= 15 is 0 Å². The van der Waals surface area contributed by atoms with Crippen molar-refractivity contribution in [3.8, 4) is 5.75 Å². The summed E-state index contributed by atoms with van der Waals surface area (Å²) in [4.78, 5) is 0. The average molecular weight is 631 g/mol. The largest absolute Gasteiger partial charge is 0.497 e. The van der Waals surface area contributed by atoms with Crippen LogP contribution >= 0.6 is 0 Å². The first kappa shape index (κ1) is 40.6. The third-order valence-electron chi connectivity index (χ3n) is 6.66. The van der Waals surface area contributed by atoms with E-state index in [1.165, 1.54) is 26.4 Å². The lowest BCUT2D eigenvalue weighted by Gasteiger charge is -2.38. The topological polar surface area (TPSA) is 75.6 Å². The van der Waals surface area contributed by atoms with Crippen LogP contribution < -0.4 is 4.74 Å². The molecule has 0 aliphatic carbocycles. The van der Waals surface area contributed by atoms with Crippen LogP contribution in [0.4, 0.5) is 26.3 Å². The van der Waals surface area contributed by atoms with Gasteiger partial charge in [-0.1, -0.05) is 48.9 Å². The molecule has 43 heavy (non-hydrogen) atoms. The van der Waals surface area contributed by atoms with Crippen LogP contribution in [-0.4, -0.2) is 92.8 Å². The van der Waals surface area contributed by atoms with Gasteiger partial charge in [-0.05, 0) is 36.6 Å². The second kappa shape index (κ2) is 19.1. The van der Waals surface area contributed by atoms with E-state index in [9.17, 15) is 31.4 Å². The van der Waals surface area contributed by atoms with Gasteiger partial charge < -0.3 is 33.5 Å². The quantitative estimate of drug-likeness (QED) is 0.157. The van der Waals surface area contributed by atoms with Crippen molar-refractivity contribution in [3.05, 3.63) is 65.2 Å². The first-order valence-corrected chi connectivity index (χ1v) is 13.1. The van der Waals surface area contributed by atoms with Crippen LogP contribution in [0, 0.1) is 12.3 Å². The molecule has 0 amide bonds. The molecule has 0 fully saturated rings. The molecule has 0 saturated heterocycles. The Kier molecular flexibility index (Phi) is 18.0. The molecule has 1 atom stereocenters. The van der Waals surface area contributed by atoms with Gasteiger partial charge in [0.15, 0.2) is 6.29 Å². The van der Waals surface area contributed by atoms with E-state index in [0.29, 0.717) is 32.0 Å². The Labute approximate surface area is 250 Å². The average Bonchev–Trinajstić information content (AvgIpc) is 2.96. The molecule has 0 aliphatic rings. The molecule has 2 aromatic carbocycles. The Morgan fingerprint density at radius 2 is 1.05 bits per heavy atom. The van der Waals surface area contributed by atoms with Crippen LogP contribution in [0.3, 0.4) is 0 Å². The Balaban J connectivity index is 0.000000777. The highest BCUT2D eigenvalue weighted by Gasteiger charge is 2.72. The summed E-state index contributed by atoms with van der Waals surface area (Å²) in [5.41, 5.74) is -5.80. The van der Waals surface area contributed by atoms with Gasteiger partial charge in [-0.2, -0.15) is 26.3 Å². The van der Waals surface area contributed by atoms with Crippen LogP contribution in [0.15, 0.2) is 48.5 Å². The van der Waals surface area contributed by atoms with Crippen LogP contribution in [0.25, 0.3) is 0 Å². The van der Waals surface area contributed by atoms with Crippen LogP contribution in [0.1, 0.15) is 30.0 Å². The SMILES string of the molecule is CCC(COC)(COC)C(O)OC.COCCOC.COc1ccc(C(c2ccc(C)cc2)(C(F)(F)F)C(F)(F)F)cc1. The number of hydrogen-bond acceptors (Lipinski definition) is 7. The van der Waals surface area contributed by atoms with Crippen molar-refractivity contribution in [1.82, 2.24) is 0 Å². The smallest absolute Gasteiger partial charge is 0.411 e. The lowest BCUT2D eigenvalue weighted by molar-refractivity contribution is -0.288. The molecule has 2 rings (SSSR count). The third-order valence-corrected chi connectivity index (χ3v) is 6.66. The number of aliphatic hydroxyl groups is 1. The monoisotopic (exact) mass is 630 g/mol. The molecule has 13 heteroatoms. The molecular formula is C30H44F6O7. The standard InChI is InChI=1S/C17H14F6O.C9H20O4.C4H10O2/c1-11-3-5-12(6-4-11)15(16(18,19)20,17(21,22)23)13-7-9-14(24-2)10-8-13;1-5-9(6-11-2,7-12-3)8(10)13-4;1-5-3-4-6-2/h3-10H,1-2H3;8,10H,5-7H2,1-4H3;3-4H2,1-2H3. The minimum absolute atomic E-state index is 0.168. The molecule has 0 aromatic heterocycles. The van der Waals surface area contributed by atoms with Crippen molar-refractivity contribution in [3.63, 3.8) is 0 Å². The lowest BCUT2D eigenvalue weighted by Crippen LogP contribution is -2.54. The van der Waals surface area contributed by atoms with E-state index in [-0.39, 0.29) is 5.75 Å². The van der Waals surface area contributed by atoms with Crippen molar-refractivity contribution in [2.24, 2.45) is 5.41 Å². The van der Waals surface area contributed by atoms with E-state index in [0.717, 1.165) is 42.8 Å². The maximum absolute atomic E-state index is 13.8. The summed E-state index contributed by atoms with van der Waals surface area (Å²) < 4.78 is 112. The molecule has 0 aliphatic heterocycles. The Morgan fingerprint density at radius 3 is 1.33 bits per heavy atom. The van der Waals surface area contributed by atoms with Gasteiger partial charge in [0, 0.05) is 35.5 Å². The normalized spacial score (nSPS) is 12.9. The van der Waals surface area contributed by atoms with Gasteiger partial charge in [0.2, 0.25) is 5.41 Å². The highest BCUT2D eigenvalue weighted by molar-refractivity contribution is 5.46. The lowest BCUT2D eigenvalue weighted by atomic mass is 9.72. The summed E-state index contributed by atoms with van der Waals surface area (Å²) in [6.45, 7) is 5.78. The minimum Gasteiger partial charge on any atom is -0.497 e. The van der Waals surface area contributed by atoms with Gasteiger partial charge in [0.25, 0.3) is 0 Å². The summed E-state index contributed by atoms with van der Waals surface area (Å²) in [7, 11) is 9.25. The van der Waals surface area contributed by atoms with E-state index in [2.05, 4.69) is 9.47 Å². The number of rotatable bonds is 13. The van der Waals surface area contributed by atoms with Gasteiger partial charge >= 0.3 is 12.4 Å². The minimum atomic E-state index is -5.57. The number of aliphatic hydroxyl groups excluding tert-OH is 1. The van der Waals surface area contributed by atoms with Crippen LogP contribution in [0.5, 0.6) is 5.75 Å². The zero-order valence-electron chi connectivity index (χ0n) is 25.9. The van der Waals surface area contributed by atoms with E-state index < -0.39 is 40.6 Å². The zero-order valence-corrected chi connectivity index (χ0v) is 25.9. The summed E-state index contributed by atoms with van der Waals surface area (Å²) in [6.07, 6.45) is -11.3. The second-order valence-electron chi connectivity index (χ2n) is 9.50. The van der Waals surface area contributed by atoms with Crippen molar-refractivity contribution >= 4 is 0 Å². The van der Waals surface area contributed by atoms with Crippen LogP contribution in [-0.2, 0) is 29.1 Å². The summed E-state index contributed by atoms with van der Waals surface area (Å²) in [6, 6.07) is 7.92. The summed E-state index contributed by atoms with van der Waals surface area (Å²) in [5.74, 6) is 0.168. The molecule has 248 valence electrons. The van der Waals surface area contributed by atoms with Crippen molar-refractivity contribution in [1.29, 1.82) is 0 Å². The fraction of sp³-hybridized carbons (Fsp3) is 0.600. The van der Waals surface area contributed by atoms with Crippen molar-refractivity contribution in [2.45, 2.75) is 44.3 Å². The maximum Gasteiger partial charge on any atom is 0.411 e. The van der Waals surface area contributed by atoms with Crippen molar-refractivity contribution in [2.75, 3.05) is 69.1 Å². The first-order valence-electron chi connectivity index (χ1n) is 13.1. The van der Waals surface area contributed by atoms with Gasteiger partial charge in [0.05, 0.1) is 39.0 Å². The predicted octanol–water partition coefficient (Wildman–Crippen LogP) is 6.33. The third kappa shape index (κ3) is 10.9. The molecule has 1 N–H and O–H groups in total. The van der Waals surface area contributed by atoms with E-state index in [1.54, 1.807) is 35.4 Å².